The number of benzene rings is 3. The number of hydrogen-bond donors (Lipinski definition) is 0. The van der Waals surface area contributed by atoms with Crippen molar-refractivity contribution in [3.63, 3.8) is 0 Å². The molecule has 0 saturated heterocycles. The summed E-state index contributed by atoms with van der Waals surface area (Å²) in [6.07, 6.45) is 4.55. The number of rotatable bonds is 9. The van der Waals surface area contributed by atoms with Crippen LogP contribution in [0.2, 0.25) is 0 Å². The van der Waals surface area contributed by atoms with Crippen molar-refractivity contribution in [3.05, 3.63) is 91.0 Å². The summed E-state index contributed by atoms with van der Waals surface area (Å²) in [6.45, 7) is 2.18. The van der Waals surface area contributed by atoms with Gasteiger partial charge in [-0.3, -0.25) is 4.79 Å². The highest BCUT2D eigenvalue weighted by atomic mass is 127. The van der Waals surface area contributed by atoms with Crippen LogP contribution in [-0.2, 0) is 4.79 Å². The van der Waals surface area contributed by atoms with E-state index < -0.39 is 7.26 Å². The molecule has 0 aromatic heterocycles. The molecule has 3 aromatic carbocycles. The second-order valence-electron chi connectivity index (χ2n) is 6.97. The standard InChI is InChI=1S/C25H28OP.HI/c1-2-3-7-14-22(26)21-27(23-15-8-4-9-16-23,24-17-10-5-11-18-24)25-19-12-6-13-20-25;/h4-6,8-13,15-20H,2-3,7,14,21H2,1H3;1H/q+1;/p-1. The lowest BCUT2D eigenvalue weighted by molar-refractivity contribution is -0.116. The van der Waals surface area contributed by atoms with Crippen LogP contribution in [0.5, 0.6) is 0 Å². The maximum Gasteiger partial charge on any atom is 0.171 e. The van der Waals surface area contributed by atoms with Crippen LogP contribution < -0.4 is 39.9 Å². The lowest BCUT2D eigenvalue weighted by Gasteiger charge is -2.27. The molecule has 0 aliphatic heterocycles. The van der Waals surface area contributed by atoms with E-state index in [-0.39, 0.29) is 24.0 Å². The normalized spacial score (nSPS) is 10.9. The van der Waals surface area contributed by atoms with Crippen LogP contribution in [0.15, 0.2) is 91.0 Å². The minimum atomic E-state index is -2.01. The fourth-order valence-corrected chi connectivity index (χ4v) is 7.86. The highest BCUT2D eigenvalue weighted by Gasteiger charge is 2.46. The molecule has 3 rings (SSSR count). The zero-order valence-corrected chi connectivity index (χ0v) is 19.5. The maximum absolute atomic E-state index is 13.1. The molecule has 0 aliphatic carbocycles. The van der Waals surface area contributed by atoms with Gasteiger partial charge in [-0.1, -0.05) is 74.4 Å². The third kappa shape index (κ3) is 5.30. The van der Waals surface area contributed by atoms with Crippen molar-refractivity contribution in [2.75, 3.05) is 6.16 Å². The fourth-order valence-electron chi connectivity index (χ4n) is 3.68. The van der Waals surface area contributed by atoms with Crippen LogP contribution in [0.4, 0.5) is 0 Å². The van der Waals surface area contributed by atoms with Crippen LogP contribution in [-0.4, -0.2) is 11.9 Å². The minimum absolute atomic E-state index is 0. The zero-order valence-electron chi connectivity index (χ0n) is 16.4. The van der Waals surface area contributed by atoms with Gasteiger partial charge in [-0.25, -0.2) is 0 Å². The predicted octanol–water partition coefficient (Wildman–Crippen LogP) is 2.13. The van der Waals surface area contributed by atoms with Crippen molar-refractivity contribution in [2.45, 2.75) is 32.6 Å². The molecule has 0 bridgehead atoms. The molecule has 1 nitrogen and oxygen atoms in total. The Morgan fingerprint density at radius 1 is 0.679 bits per heavy atom. The van der Waals surface area contributed by atoms with Gasteiger partial charge in [0.25, 0.3) is 0 Å². The van der Waals surface area contributed by atoms with Gasteiger partial charge >= 0.3 is 0 Å². The Morgan fingerprint density at radius 3 is 1.43 bits per heavy atom. The summed E-state index contributed by atoms with van der Waals surface area (Å²) in [5, 5.41) is 3.85. The number of carbonyl (C=O) groups is 1. The van der Waals surface area contributed by atoms with Crippen molar-refractivity contribution in [2.24, 2.45) is 0 Å². The Balaban J connectivity index is 0.00000280. The third-order valence-electron chi connectivity index (χ3n) is 5.06. The molecule has 3 aromatic rings. The van der Waals surface area contributed by atoms with E-state index in [1.54, 1.807) is 0 Å². The molecule has 146 valence electrons. The Kier molecular flexibility index (Phi) is 9.34. The molecular weight excluding hydrogens is 474 g/mol. The van der Waals surface area contributed by atoms with Crippen LogP contribution in [0, 0.1) is 0 Å². The summed E-state index contributed by atoms with van der Waals surface area (Å²) in [4.78, 5) is 13.1. The predicted molar refractivity (Wildman–Crippen MR) is 119 cm³/mol. The van der Waals surface area contributed by atoms with Crippen molar-refractivity contribution in [1.82, 2.24) is 0 Å². The molecule has 0 unspecified atom stereocenters. The van der Waals surface area contributed by atoms with E-state index in [2.05, 4.69) is 97.9 Å². The molecule has 0 N–H and O–H groups in total. The lowest BCUT2D eigenvalue weighted by atomic mass is 10.2. The number of unbranched alkanes of at least 4 members (excludes halogenated alkanes) is 2. The minimum Gasteiger partial charge on any atom is -1.00 e. The molecule has 0 amide bonds. The van der Waals surface area contributed by atoms with Crippen molar-refractivity contribution in [3.8, 4) is 0 Å². The maximum atomic E-state index is 13.1. The van der Waals surface area contributed by atoms with Crippen LogP contribution >= 0.6 is 7.26 Å². The SMILES string of the molecule is CCCCCC(=O)C[P+](c1ccccc1)(c1ccccc1)c1ccccc1.[I-]. The first-order valence-electron chi connectivity index (χ1n) is 9.84. The van der Waals surface area contributed by atoms with Gasteiger partial charge in [0.05, 0.1) is 0 Å². The summed E-state index contributed by atoms with van der Waals surface area (Å²) >= 11 is 0. The van der Waals surface area contributed by atoms with Crippen molar-refractivity contribution >= 4 is 29.0 Å². The van der Waals surface area contributed by atoms with Gasteiger partial charge in [0.2, 0.25) is 0 Å². The zero-order chi connectivity index (χ0) is 19.0. The topological polar surface area (TPSA) is 17.1 Å². The Morgan fingerprint density at radius 2 is 1.07 bits per heavy atom. The second kappa shape index (κ2) is 11.5. The summed E-state index contributed by atoms with van der Waals surface area (Å²) < 4.78 is 0. The smallest absolute Gasteiger partial charge is 0.171 e. The number of carbonyl (C=O) groups excluding carboxylic acids is 1. The Bertz CT molecular complexity index is 738. The first-order chi connectivity index (χ1) is 13.3. The molecule has 0 atom stereocenters. The molecule has 0 fully saturated rings. The Labute approximate surface area is 186 Å². The lowest BCUT2D eigenvalue weighted by Crippen LogP contribution is -3.00. The fraction of sp³-hybridized carbons (Fsp3) is 0.240. The van der Waals surface area contributed by atoms with E-state index in [1.165, 1.54) is 15.9 Å². The van der Waals surface area contributed by atoms with Crippen molar-refractivity contribution in [1.29, 1.82) is 0 Å². The van der Waals surface area contributed by atoms with E-state index >= 15 is 0 Å². The molecule has 0 aliphatic rings. The van der Waals surface area contributed by atoms with Gasteiger partial charge in [-0.15, -0.1) is 0 Å². The van der Waals surface area contributed by atoms with Gasteiger partial charge in [0.1, 0.15) is 29.3 Å². The summed E-state index contributed by atoms with van der Waals surface area (Å²) in [6, 6.07) is 31.9. The molecule has 0 spiro atoms. The van der Waals surface area contributed by atoms with E-state index in [0.29, 0.717) is 18.4 Å². The van der Waals surface area contributed by atoms with E-state index in [4.69, 9.17) is 0 Å². The average Bonchev–Trinajstić information content (AvgIpc) is 2.74. The van der Waals surface area contributed by atoms with Gasteiger partial charge in [-0.2, -0.15) is 0 Å². The number of halogens is 1. The van der Waals surface area contributed by atoms with Crippen LogP contribution in [0.3, 0.4) is 0 Å². The first kappa shape index (κ1) is 22.8. The second-order valence-corrected chi connectivity index (χ2v) is 10.5. The third-order valence-corrected chi connectivity index (χ3v) is 9.43. The van der Waals surface area contributed by atoms with Gasteiger partial charge < -0.3 is 24.0 Å². The van der Waals surface area contributed by atoms with Crippen LogP contribution in [0.1, 0.15) is 32.6 Å². The van der Waals surface area contributed by atoms with E-state index in [9.17, 15) is 4.79 Å². The number of hydrogen-bond acceptors (Lipinski definition) is 1. The number of Topliss-reactive ketones (excluding diaryl/α,β-unsaturated/α-hetero) is 1. The molecular formula is C25H28IOP. The van der Waals surface area contributed by atoms with Crippen LogP contribution in [0.25, 0.3) is 0 Å². The van der Waals surface area contributed by atoms with Crippen molar-refractivity contribution < 1.29 is 28.8 Å². The quantitative estimate of drug-likeness (QED) is 0.249. The average molecular weight is 502 g/mol. The summed E-state index contributed by atoms with van der Waals surface area (Å²) in [5.41, 5.74) is 0. The highest BCUT2D eigenvalue weighted by molar-refractivity contribution is 7.96. The first-order valence-corrected chi connectivity index (χ1v) is 11.8. The monoisotopic (exact) mass is 502 g/mol. The largest absolute Gasteiger partial charge is 1.00 e. The summed E-state index contributed by atoms with van der Waals surface area (Å²) in [7, 11) is -2.01. The Hall–Kier alpha value is -1.51. The number of ketones is 1. The van der Waals surface area contributed by atoms with E-state index in [1.807, 2.05) is 0 Å². The van der Waals surface area contributed by atoms with E-state index in [0.717, 1.165) is 19.3 Å². The van der Waals surface area contributed by atoms with Gasteiger partial charge in [-0.05, 0) is 42.8 Å². The molecule has 28 heavy (non-hydrogen) atoms. The molecule has 0 saturated carbocycles. The molecule has 0 heterocycles. The van der Waals surface area contributed by atoms with Gasteiger partial charge in [0.15, 0.2) is 5.78 Å². The molecule has 0 radical (unpaired) electrons. The molecule has 3 heteroatoms. The summed E-state index contributed by atoms with van der Waals surface area (Å²) in [5.74, 6) is 0.383. The highest BCUT2D eigenvalue weighted by Crippen LogP contribution is 2.55. The van der Waals surface area contributed by atoms with Gasteiger partial charge in [0, 0.05) is 6.42 Å².